The van der Waals surface area contributed by atoms with Gasteiger partial charge in [0.1, 0.15) is 30.5 Å². The Morgan fingerprint density at radius 3 is 2.52 bits per heavy atom. The Kier molecular flexibility index (Phi) is 4.20. The summed E-state index contributed by atoms with van der Waals surface area (Å²) in [5.74, 6) is -0.330. The van der Waals surface area contributed by atoms with Crippen molar-refractivity contribution in [3.05, 3.63) is 0 Å². The molecule has 0 aromatic carbocycles. The standard InChI is InChI=1S/C14H22O7/c1-6-10(16)13-14(19-6)11(17)12-8(21-13)4-3-7(20-12)5-9(15)18-2/h6-8,10-14,16-17H,3-5H2,1-2H3/t6?,7?,8-,10?,11?,12-,13?,14?/m0/s1. The van der Waals surface area contributed by atoms with E-state index in [-0.39, 0.29) is 30.7 Å². The van der Waals surface area contributed by atoms with Crippen LogP contribution in [0.2, 0.25) is 0 Å². The first-order valence-electron chi connectivity index (χ1n) is 7.40. The van der Waals surface area contributed by atoms with Gasteiger partial charge in [-0.2, -0.15) is 0 Å². The molecule has 6 unspecified atom stereocenters. The van der Waals surface area contributed by atoms with E-state index in [1.807, 2.05) is 0 Å². The summed E-state index contributed by atoms with van der Waals surface area (Å²) in [6, 6.07) is 0. The highest BCUT2D eigenvalue weighted by molar-refractivity contribution is 5.69. The van der Waals surface area contributed by atoms with Crippen LogP contribution in [0.4, 0.5) is 0 Å². The van der Waals surface area contributed by atoms with Gasteiger partial charge in [0.05, 0.1) is 31.8 Å². The smallest absolute Gasteiger partial charge is 0.308 e. The number of carbonyl (C=O) groups excluding carboxylic acids is 1. The molecule has 0 aliphatic carbocycles. The summed E-state index contributed by atoms with van der Waals surface area (Å²) >= 11 is 0. The number of carbonyl (C=O) groups is 1. The monoisotopic (exact) mass is 302 g/mol. The van der Waals surface area contributed by atoms with Crippen molar-refractivity contribution in [3.63, 3.8) is 0 Å². The highest BCUT2D eigenvalue weighted by atomic mass is 16.6. The maximum atomic E-state index is 11.3. The fraction of sp³-hybridized carbons (Fsp3) is 0.929. The molecule has 0 aromatic rings. The van der Waals surface area contributed by atoms with Crippen molar-refractivity contribution < 1.29 is 34.0 Å². The molecule has 0 bridgehead atoms. The number of rotatable bonds is 2. The van der Waals surface area contributed by atoms with E-state index in [4.69, 9.17) is 14.2 Å². The predicted molar refractivity (Wildman–Crippen MR) is 69.5 cm³/mol. The first-order valence-corrected chi connectivity index (χ1v) is 7.40. The number of ether oxygens (including phenoxy) is 4. The van der Waals surface area contributed by atoms with Crippen molar-refractivity contribution in [2.45, 2.75) is 75.0 Å². The van der Waals surface area contributed by atoms with Gasteiger partial charge >= 0.3 is 5.97 Å². The second-order valence-electron chi connectivity index (χ2n) is 6.01. The third-order valence-electron chi connectivity index (χ3n) is 4.63. The maximum absolute atomic E-state index is 11.3. The minimum absolute atomic E-state index is 0.167. The Balaban J connectivity index is 1.67. The summed E-state index contributed by atoms with van der Waals surface area (Å²) in [6.45, 7) is 1.75. The lowest BCUT2D eigenvalue weighted by Crippen LogP contribution is -2.61. The van der Waals surface area contributed by atoms with Gasteiger partial charge in [-0.3, -0.25) is 4.79 Å². The molecule has 7 nitrogen and oxygen atoms in total. The zero-order valence-corrected chi connectivity index (χ0v) is 12.2. The summed E-state index contributed by atoms with van der Waals surface area (Å²) in [5.41, 5.74) is 0. The molecule has 0 saturated carbocycles. The lowest BCUT2D eigenvalue weighted by molar-refractivity contribution is -0.259. The molecule has 8 atom stereocenters. The van der Waals surface area contributed by atoms with Crippen molar-refractivity contribution in [3.8, 4) is 0 Å². The molecule has 0 spiro atoms. The molecule has 120 valence electrons. The largest absolute Gasteiger partial charge is 0.469 e. The van der Waals surface area contributed by atoms with Crippen LogP contribution >= 0.6 is 0 Å². The summed E-state index contributed by atoms with van der Waals surface area (Å²) in [5, 5.41) is 20.5. The van der Waals surface area contributed by atoms with E-state index in [2.05, 4.69) is 4.74 Å². The van der Waals surface area contributed by atoms with Crippen LogP contribution < -0.4 is 0 Å². The fourth-order valence-corrected chi connectivity index (χ4v) is 3.45. The SMILES string of the molecule is COC(=O)CC1CC[C@@H]2OC3C(O)C(C)OC3C(O)[C@H]2O1. The van der Waals surface area contributed by atoms with E-state index in [1.165, 1.54) is 7.11 Å². The zero-order valence-electron chi connectivity index (χ0n) is 12.2. The molecule has 3 aliphatic heterocycles. The first-order chi connectivity index (χ1) is 10.0. The lowest BCUT2D eigenvalue weighted by atomic mass is 9.88. The summed E-state index contributed by atoms with van der Waals surface area (Å²) in [6.07, 6.45) is -2.68. The van der Waals surface area contributed by atoms with Gasteiger partial charge in [-0.1, -0.05) is 0 Å². The van der Waals surface area contributed by atoms with Crippen LogP contribution in [0.5, 0.6) is 0 Å². The summed E-state index contributed by atoms with van der Waals surface area (Å²) in [4.78, 5) is 11.3. The summed E-state index contributed by atoms with van der Waals surface area (Å²) < 4.78 is 21.9. The fourth-order valence-electron chi connectivity index (χ4n) is 3.45. The molecule has 3 rings (SSSR count). The van der Waals surface area contributed by atoms with Crippen LogP contribution in [0.1, 0.15) is 26.2 Å². The van der Waals surface area contributed by atoms with Crippen LogP contribution in [0, 0.1) is 0 Å². The van der Waals surface area contributed by atoms with Gasteiger partial charge in [0.25, 0.3) is 0 Å². The van der Waals surface area contributed by atoms with Crippen LogP contribution in [0.25, 0.3) is 0 Å². The first kappa shape index (κ1) is 15.2. The predicted octanol–water partition coefficient (Wildman–Crippen LogP) is -0.626. The van der Waals surface area contributed by atoms with Crippen LogP contribution in [0.3, 0.4) is 0 Å². The van der Waals surface area contributed by atoms with Gasteiger partial charge in [-0.05, 0) is 19.8 Å². The van der Waals surface area contributed by atoms with Crippen molar-refractivity contribution in [2.75, 3.05) is 7.11 Å². The molecular weight excluding hydrogens is 280 g/mol. The lowest BCUT2D eigenvalue weighted by Gasteiger charge is -2.46. The van der Waals surface area contributed by atoms with E-state index >= 15 is 0 Å². The highest BCUT2D eigenvalue weighted by Crippen LogP contribution is 2.39. The molecule has 2 N–H and O–H groups in total. The molecular formula is C14H22O7. The van der Waals surface area contributed by atoms with Gasteiger partial charge in [-0.15, -0.1) is 0 Å². The van der Waals surface area contributed by atoms with E-state index in [0.29, 0.717) is 12.8 Å². The van der Waals surface area contributed by atoms with Crippen molar-refractivity contribution >= 4 is 5.97 Å². The summed E-state index contributed by atoms with van der Waals surface area (Å²) in [7, 11) is 1.34. The molecule has 3 saturated heterocycles. The molecule has 0 amide bonds. The van der Waals surface area contributed by atoms with Gasteiger partial charge in [0.2, 0.25) is 0 Å². The van der Waals surface area contributed by atoms with Crippen LogP contribution in [0.15, 0.2) is 0 Å². The highest BCUT2D eigenvalue weighted by Gasteiger charge is 2.55. The molecule has 0 radical (unpaired) electrons. The molecule has 3 fully saturated rings. The third kappa shape index (κ3) is 2.68. The zero-order chi connectivity index (χ0) is 15.1. The minimum Gasteiger partial charge on any atom is -0.469 e. The Bertz CT molecular complexity index is 401. The Labute approximate surface area is 123 Å². The average Bonchev–Trinajstić information content (AvgIpc) is 2.76. The molecule has 21 heavy (non-hydrogen) atoms. The number of aliphatic hydroxyl groups is 2. The third-order valence-corrected chi connectivity index (χ3v) is 4.63. The van der Waals surface area contributed by atoms with E-state index in [1.54, 1.807) is 6.92 Å². The number of esters is 1. The second kappa shape index (κ2) is 5.81. The maximum Gasteiger partial charge on any atom is 0.308 e. The normalized spacial score (nSPS) is 49.3. The van der Waals surface area contributed by atoms with Gasteiger partial charge in [-0.25, -0.2) is 0 Å². The molecule has 7 heteroatoms. The van der Waals surface area contributed by atoms with Crippen molar-refractivity contribution in [1.82, 2.24) is 0 Å². The number of methoxy groups -OCH3 is 1. The molecule has 0 aromatic heterocycles. The molecule has 3 aliphatic rings. The Morgan fingerprint density at radius 2 is 1.81 bits per heavy atom. The average molecular weight is 302 g/mol. The van der Waals surface area contributed by atoms with E-state index < -0.39 is 30.5 Å². The number of fused-ring (bicyclic) bond motifs is 2. The van der Waals surface area contributed by atoms with Crippen LogP contribution in [-0.4, -0.2) is 72.1 Å². The van der Waals surface area contributed by atoms with E-state index in [0.717, 1.165) is 0 Å². The number of hydrogen-bond acceptors (Lipinski definition) is 7. The number of hydrogen-bond donors (Lipinski definition) is 2. The van der Waals surface area contributed by atoms with Gasteiger partial charge in [0, 0.05) is 0 Å². The van der Waals surface area contributed by atoms with Gasteiger partial charge < -0.3 is 29.2 Å². The van der Waals surface area contributed by atoms with Crippen LogP contribution in [-0.2, 0) is 23.7 Å². The Morgan fingerprint density at radius 1 is 1.10 bits per heavy atom. The van der Waals surface area contributed by atoms with Crippen molar-refractivity contribution in [1.29, 1.82) is 0 Å². The van der Waals surface area contributed by atoms with Gasteiger partial charge in [0.15, 0.2) is 0 Å². The molecule has 3 heterocycles. The second-order valence-corrected chi connectivity index (χ2v) is 6.01. The topological polar surface area (TPSA) is 94.5 Å². The van der Waals surface area contributed by atoms with Crippen molar-refractivity contribution in [2.24, 2.45) is 0 Å². The minimum atomic E-state index is -0.867. The quantitative estimate of drug-likeness (QED) is 0.656. The number of aliphatic hydroxyl groups excluding tert-OH is 2. The Hall–Kier alpha value is -0.730. The van der Waals surface area contributed by atoms with E-state index in [9.17, 15) is 15.0 Å².